The summed E-state index contributed by atoms with van der Waals surface area (Å²) in [5.74, 6) is -0.214. The van der Waals surface area contributed by atoms with Crippen LogP contribution in [0.3, 0.4) is 0 Å². The fraction of sp³-hybridized carbons (Fsp3) is 0.160. The van der Waals surface area contributed by atoms with E-state index in [1.54, 1.807) is 37.5 Å². The normalized spacial score (nSPS) is 14.7. The van der Waals surface area contributed by atoms with E-state index in [1.165, 1.54) is 0 Å². The largest absolute Gasteiger partial charge is 0.497 e. The third-order valence-electron chi connectivity index (χ3n) is 5.37. The summed E-state index contributed by atoms with van der Waals surface area (Å²) in [6.45, 7) is 3.55. The fourth-order valence-corrected chi connectivity index (χ4v) is 4.77. The Hall–Kier alpha value is -3.49. The molecule has 1 N–H and O–H groups in total. The molecule has 7 nitrogen and oxygen atoms in total. The molecule has 3 aromatic rings. The Kier molecular flexibility index (Phi) is 6.81. The van der Waals surface area contributed by atoms with Gasteiger partial charge in [-0.1, -0.05) is 17.7 Å². The van der Waals surface area contributed by atoms with E-state index < -0.39 is 17.1 Å². The second-order valence-corrected chi connectivity index (χ2v) is 9.12. The summed E-state index contributed by atoms with van der Waals surface area (Å²) in [4.78, 5) is 39.0. The first-order valence-corrected chi connectivity index (χ1v) is 11.6. The molecule has 0 aliphatic carbocycles. The Bertz CT molecular complexity index is 1310. The van der Waals surface area contributed by atoms with Crippen LogP contribution in [0.1, 0.15) is 17.0 Å². The number of hydrogen-bond donors (Lipinski definition) is 1. The highest BCUT2D eigenvalue weighted by Crippen LogP contribution is 2.34. The molecule has 1 fully saturated rings. The number of aryl methyl sites for hydroxylation is 1. The van der Waals surface area contributed by atoms with Crippen molar-refractivity contribution in [1.29, 1.82) is 0 Å². The molecule has 2 aromatic carbocycles. The molecule has 0 unspecified atom stereocenters. The van der Waals surface area contributed by atoms with Crippen LogP contribution in [0.5, 0.6) is 5.75 Å². The van der Waals surface area contributed by atoms with Gasteiger partial charge in [-0.05, 0) is 85.8 Å². The highest BCUT2D eigenvalue weighted by molar-refractivity contribution is 8.18. The lowest BCUT2D eigenvalue weighted by atomic mass is 10.2. The number of benzene rings is 2. The number of carbonyl (C=O) groups excluding carboxylic acids is 3. The molecule has 1 aromatic heterocycles. The van der Waals surface area contributed by atoms with Crippen LogP contribution in [0.2, 0.25) is 5.02 Å². The van der Waals surface area contributed by atoms with Crippen LogP contribution < -0.4 is 10.1 Å². The molecule has 4 rings (SSSR count). The number of carbonyl (C=O) groups is 3. The highest BCUT2D eigenvalue weighted by Gasteiger charge is 2.36. The number of hydrogen-bond acceptors (Lipinski definition) is 5. The van der Waals surface area contributed by atoms with Crippen molar-refractivity contribution in [3.63, 3.8) is 0 Å². The molecule has 0 spiro atoms. The van der Waals surface area contributed by atoms with Crippen LogP contribution in [0.25, 0.3) is 11.8 Å². The number of thioether (sulfide) groups is 1. The van der Waals surface area contributed by atoms with Gasteiger partial charge in [-0.15, -0.1) is 0 Å². The number of halogens is 1. The molecule has 0 saturated carbocycles. The fourth-order valence-electron chi connectivity index (χ4n) is 3.75. The predicted molar refractivity (Wildman–Crippen MR) is 135 cm³/mol. The predicted octanol–water partition coefficient (Wildman–Crippen LogP) is 5.43. The standard InChI is InChI=1S/C25H22ClN3O4S/c1-15-11-17(16(2)29(15)20-7-9-21(33-3)10-8-20)12-22-24(31)28(25(32)34-22)14-23(30)27-19-6-4-5-18(26)13-19/h4-13H,14H2,1-3H3,(H,27,30)/b22-12-. The smallest absolute Gasteiger partial charge is 0.294 e. The number of anilines is 1. The summed E-state index contributed by atoms with van der Waals surface area (Å²) >= 11 is 6.75. The summed E-state index contributed by atoms with van der Waals surface area (Å²) in [7, 11) is 1.62. The first-order valence-electron chi connectivity index (χ1n) is 10.4. The summed E-state index contributed by atoms with van der Waals surface area (Å²) in [6, 6.07) is 16.3. The maximum absolute atomic E-state index is 12.9. The summed E-state index contributed by atoms with van der Waals surface area (Å²) < 4.78 is 7.29. The minimum atomic E-state index is -0.495. The van der Waals surface area contributed by atoms with E-state index in [1.807, 2.05) is 44.2 Å². The van der Waals surface area contributed by atoms with Crippen molar-refractivity contribution in [1.82, 2.24) is 9.47 Å². The third kappa shape index (κ3) is 4.88. The number of ether oxygens (including phenoxy) is 1. The van der Waals surface area contributed by atoms with Gasteiger partial charge in [0, 0.05) is 27.8 Å². The monoisotopic (exact) mass is 495 g/mol. The second kappa shape index (κ2) is 9.79. The van der Waals surface area contributed by atoms with Gasteiger partial charge in [0.05, 0.1) is 12.0 Å². The molecule has 3 amide bonds. The Morgan fingerprint density at radius 3 is 2.53 bits per heavy atom. The van der Waals surface area contributed by atoms with E-state index in [2.05, 4.69) is 9.88 Å². The molecule has 1 aliphatic rings. The van der Waals surface area contributed by atoms with Crippen molar-refractivity contribution in [2.75, 3.05) is 19.0 Å². The number of amides is 3. The van der Waals surface area contributed by atoms with Gasteiger partial charge in [-0.25, -0.2) is 0 Å². The number of rotatable bonds is 6. The molecule has 2 heterocycles. The van der Waals surface area contributed by atoms with Gasteiger partial charge < -0.3 is 14.6 Å². The molecule has 0 radical (unpaired) electrons. The molecule has 34 heavy (non-hydrogen) atoms. The van der Waals surface area contributed by atoms with Crippen LogP contribution in [-0.2, 0) is 9.59 Å². The van der Waals surface area contributed by atoms with Gasteiger partial charge >= 0.3 is 0 Å². The first-order chi connectivity index (χ1) is 16.3. The molecule has 1 saturated heterocycles. The zero-order valence-corrected chi connectivity index (χ0v) is 20.4. The van der Waals surface area contributed by atoms with Crippen molar-refractivity contribution in [2.24, 2.45) is 0 Å². The number of methoxy groups -OCH3 is 1. The third-order valence-corrected chi connectivity index (χ3v) is 6.51. The second-order valence-electron chi connectivity index (χ2n) is 7.69. The molecule has 1 aliphatic heterocycles. The SMILES string of the molecule is COc1ccc(-n2c(C)cc(/C=C3\SC(=O)N(CC(=O)Nc4cccc(Cl)c4)C3=O)c2C)cc1. The maximum atomic E-state index is 12.9. The number of imide groups is 1. The highest BCUT2D eigenvalue weighted by atomic mass is 35.5. The lowest BCUT2D eigenvalue weighted by Crippen LogP contribution is -2.36. The topological polar surface area (TPSA) is 80.6 Å². The van der Waals surface area contributed by atoms with E-state index in [4.69, 9.17) is 16.3 Å². The van der Waals surface area contributed by atoms with Crippen molar-refractivity contribution in [3.05, 3.63) is 81.5 Å². The number of nitrogens with zero attached hydrogens (tertiary/aromatic N) is 2. The molecule has 0 atom stereocenters. The summed E-state index contributed by atoms with van der Waals surface area (Å²) in [5, 5.41) is 2.64. The van der Waals surface area contributed by atoms with Gasteiger partial charge in [-0.3, -0.25) is 19.3 Å². The molecular weight excluding hydrogens is 474 g/mol. The molecular formula is C25H22ClN3O4S. The summed E-state index contributed by atoms with van der Waals surface area (Å²) in [6.07, 6.45) is 1.70. The minimum absolute atomic E-state index is 0.274. The average Bonchev–Trinajstić information content (AvgIpc) is 3.23. The van der Waals surface area contributed by atoms with Gasteiger partial charge in [0.25, 0.3) is 11.1 Å². The van der Waals surface area contributed by atoms with Crippen LogP contribution in [-0.4, -0.2) is 40.2 Å². The Balaban J connectivity index is 1.52. The summed E-state index contributed by atoms with van der Waals surface area (Å²) in [5.41, 5.74) is 4.18. The van der Waals surface area contributed by atoms with Crippen molar-refractivity contribution >= 4 is 52.2 Å². The Morgan fingerprint density at radius 1 is 1.12 bits per heavy atom. The Labute approximate surface area is 206 Å². The lowest BCUT2D eigenvalue weighted by Gasteiger charge is -2.12. The molecule has 174 valence electrons. The van der Waals surface area contributed by atoms with Crippen LogP contribution in [0, 0.1) is 13.8 Å². The minimum Gasteiger partial charge on any atom is -0.497 e. The van der Waals surface area contributed by atoms with Gasteiger partial charge in [0.2, 0.25) is 5.91 Å². The van der Waals surface area contributed by atoms with Gasteiger partial charge in [0.15, 0.2) is 0 Å². The zero-order chi connectivity index (χ0) is 24.4. The number of nitrogens with one attached hydrogen (secondary N) is 1. The first kappa shape index (κ1) is 23.7. The van der Waals surface area contributed by atoms with E-state index in [0.717, 1.165) is 45.1 Å². The number of aromatic nitrogens is 1. The van der Waals surface area contributed by atoms with E-state index in [0.29, 0.717) is 10.7 Å². The average molecular weight is 496 g/mol. The van der Waals surface area contributed by atoms with Crippen LogP contribution in [0.15, 0.2) is 59.5 Å². The Morgan fingerprint density at radius 2 is 1.85 bits per heavy atom. The maximum Gasteiger partial charge on any atom is 0.294 e. The van der Waals surface area contributed by atoms with Crippen LogP contribution in [0.4, 0.5) is 10.5 Å². The zero-order valence-electron chi connectivity index (χ0n) is 18.8. The van der Waals surface area contributed by atoms with Crippen molar-refractivity contribution < 1.29 is 19.1 Å². The van der Waals surface area contributed by atoms with E-state index in [-0.39, 0.29) is 11.4 Å². The molecule has 9 heteroatoms. The van der Waals surface area contributed by atoms with Gasteiger partial charge in [0.1, 0.15) is 12.3 Å². The van der Waals surface area contributed by atoms with Gasteiger partial charge in [-0.2, -0.15) is 0 Å². The lowest BCUT2D eigenvalue weighted by molar-refractivity contribution is -0.127. The quantitative estimate of drug-likeness (QED) is 0.461. The van der Waals surface area contributed by atoms with E-state index >= 15 is 0 Å². The van der Waals surface area contributed by atoms with Crippen LogP contribution >= 0.6 is 23.4 Å². The van der Waals surface area contributed by atoms with E-state index in [9.17, 15) is 14.4 Å². The molecule has 0 bridgehead atoms. The van der Waals surface area contributed by atoms with Crippen molar-refractivity contribution in [3.8, 4) is 11.4 Å². The van der Waals surface area contributed by atoms with Crippen molar-refractivity contribution in [2.45, 2.75) is 13.8 Å².